The first-order chi connectivity index (χ1) is 9.69. The number of aromatic nitrogens is 5. The zero-order chi connectivity index (χ0) is 14.5. The van der Waals surface area contributed by atoms with Gasteiger partial charge in [0.2, 0.25) is 0 Å². The summed E-state index contributed by atoms with van der Waals surface area (Å²) in [5.74, 6) is 0.303. The first kappa shape index (κ1) is 14.0. The van der Waals surface area contributed by atoms with Crippen molar-refractivity contribution in [2.24, 2.45) is 0 Å². The van der Waals surface area contributed by atoms with Crippen molar-refractivity contribution in [1.29, 1.82) is 0 Å². The fraction of sp³-hybridized carbons (Fsp3) is 0.385. The number of carbonyl (C=O) groups excluding carboxylic acids is 1. The maximum atomic E-state index is 12.0. The average molecular weight is 274 g/mol. The number of aryl methyl sites for hydroxylation is 2. The van der Waals surface area contributed by atoms with Gasteiger partial charge in [-0.1, -0.05) is 6.58 Å². The summed E-state index contributed by atoms with van der Waals surface area (Å²) in [7, 11) is 0. The molecule has 0 aliphatic heterocycles. The van der Waals surface area contributed by atoms with E-state index < -0.39 is 0 Å². The highest BCUT2D eigenvalue weighted by Crippen LogP contribution is 2.14. The summed E-state index contributed by atoms with van der Waals surface area (Å²) >= 11 is 0. The van der Waals surface area contributed by atoms with Gasteiger partial charge in [0.05, 0.1) is 25.0 Å². The molecule has 1 amide bonds. The molecular weight excluding hydrogens is 256 g/mol. The average Bonchev–Trinajstić information content (AvgIpc) is 3.12. The zero-order valence-corrected chi connectivity index (χ0v) is 11.7. The molecule has 106 valence electrons. The highest BCUT2D eigenvalue weighted by molar-refractivity contribution is 6.00. The quantitative estimate of drug-likeness (QED) is 0.743. The molecule has 0 spiro atoms. The molecule has 0 aliphatic carbocycles. The molecule has 0 saturated carbocycles. The van der Waals surface area contributed by atoms with Gasteiger partial charge in [-0.05, 0) is 26.0 Å². The molecule has 0 fully saturated rings. The van der Waals surface area contributed by atoms with Crippen LogP contribution in [0.4, 0.5) is 5.82 Å². The van der Waals surface area contributed by atoms with Crippen LogP contribution in [0, 0.1) is 0 Å². The van der Waals surface area contributed by atoms with Gasteiger partial charge in [-0.25, -0.2) is 0 Å². The number of anilines is 1. The molecule has 7 nitrogen and oxygen atoms in total. The Morgan fingerprint density at radius 2 is 2.20 bits per heavy atom. The molecule has 0 N–H and O–H groups in total. The normalized spacial score (nSPS) is 10.5. The van der Waals surface area contributed by atoms with Crippen molar-refractivity contribution in [2.45, 2.75) is 33.5 Å². The van der Waals surface area contributed by atoms with E-state index in [1.807, 2.05) is 24.6 Å². The van der Waals surface area contributed by atoms with Crippen LogP contribution in [-0.2, 0) is 24.4 Å². The van der Waals surface area contributed by atoms with Gasteiger partial charge in [0.15, 0.2) is 5.82 Å². The summed E-state index contributed by atoms with van der Waals surface area (Å²) in [6.45, 7) is 9.28. The van der Waals surface area contributed by atoms with Crippen LogP contribution in [0.15, 0.2) is 31.1 Å². The Morgan fingerprint density at radius 3 is 2.80 bits per heavy atom. The van der Waals surface area contributed by atoms with Gasteiger partial charge in [0, 0.05) is 12.7 Å². The van der Waals surface area contributed by atoms with Crippen molar-refractivity contribution in [3.63, 3.8) is 0 Å². The second-order valence-corrected chi connectivity index (χ2v) is 4.16. The molecule has 2 aromatic rings. The van der Waals surface area contributed by atoms with Crippen LogP contribution in [0.3, 0.4) is 0 Å². The van der Waals surface area contributed by atoms with E-state index in [0.29, 0.717) is 18.9 Å². The number of rotatable bonds is 6. The molecular formula is C13H18N6O. The van der Waals surface area contributed by atoms with E-state index in [9.17, 15) is 4.79 Å². The smallest absolute Gasteiger partial charge is 0.251 e. The summed E-state index contributed by atoms with van der Waals surface area (Å²) < 4.78 is 1.84. The largest absolute Gasteiger partial charge is 0.284 e. The zero-order valence-electron chi connectivity index (χ0n) is 11.7. The fourth-order valence-electron chi connectivity index (χ4n) is 1.89. The van der Waals surface area contributed by atoms with Gasteiger partial charge in [-0.2, -0.15) is 15.0 Å². The van der Waals surface area contributed by atoms with E-state index in [1.54, 1.807) is 12.4 Å². The third-order valence-electron chi connectivity index (χ3n) is 2.95. The Morgan fingerprint density at radius 1 is 1.40 bits per heavy atom. The van der Waals surface area contributed by atoms with Gasteiger partial charge in [0.1, 0.15) is 0 Å². The Labute approximate surface area is 117 Å². The minimum atomic E-state index is -0.211. The maximum Gasteiger partial charge on any atom is 0.251 e. The summed E-state index contributed by atoms with van der Waals surface area (Å²) in [5, 5.41) is 12.6. The number of nitrogens with zero attached hydrogens (tertiary/aromatic N) is 6. The molecule has 20 heavy (non-hydrogen) atoms. The monoisotopic (exact) mass is 274 g/mol. The molecule has 0 unspecified atom stereocenters. The van der Waals surface area contributed by atoms with Crippen LogP contribution in [0.2, 0.25) is 0 Å². The molecule has 2 aromatic heterocycles. The molecule has 0 aliphatic rings. The number of amides is 1. The molecule has 2 rings (SSSR count). The molecule has 7 heteroatoms. The van der Waals surface area contributed by atoms with Crippen LogP contribution in [0.5, 0.6) is 0 Å². The lowest BCUT2D eigenvalue weighted by molar-refractivity contribution is -0.114. The predicted octanol–water partition coefficient (Wildman–Crippen LogP) is 1.23. The maximum absolute atomic E-state index is 12.0. The lowest BCUT2D eigenvalue weighted by Crippen LogP contribution is -2.30. The van der Waals surface area contributed by atoms with Crippen molar-refractivity contribution < 1.29 is 4.79 Å². The van der Waals surface area contributed by atoms with Crippen molar-refractivity contribution >= 4 is 11.7 Å². The standard InChI is InChI=1S/C13H18N6O/c1-4-13(20)17(12-9-15-19(6-3)16-12)10-11-7-8-14-18(11)5-2/h4,7-9H,1,5-6,10H2,2-3H3. The first-order valence-corrected chi connectivity index (χ1v) is 6.54. The van der Waals surface area contributed by atoms with Crippen LogP contribution >= 0.6 is 0 Å². The third-order valence-corrected chi connectivity index (χ3v) is 2.95. The fourth-order valence-corrected chi connectivity index (χ4v) is 1.89. The van der Waals surface area contributed by atoms with Crippen molar-refractivity contribution in [3.8, 4) is 0 Å². The number of hydrogen-bond acceptors (Lipinski definition) is 4. The van der Waals surface area contributed by atoms with Crippen molar-refractivity contribution in [2.75, 3.05) is 4.90 Å². The summed E-state index contributed by atoms with van der Waals surface area (Å²) in [6.07, 6.45) is 4.58. The summed E-state index contributed by atoms with van der Waals surface area (Å²) in [6, 6.07) is 1.89. The highest BCUT2D eigenvalue weighted by Gasteiger charge is 2.18. The Bertz CT molecular complexity index is 600. The molecule has 0 radical (unpaired) electrons. The molecule has 0 aromatic carbocycles. The minimum absolute atomic E-state index is 0.211. The van der Waals surface area contributed by atoms with E-state index in [0.717, 1.165) is 12.2 Å². The van der Waals surface area contributed by atoms with Crippen LogP contribution in [0.1, 0.15) is 19.5 Å². The van der Waals surface area contributed by atoms with Gasteiger partial charge in [0.25, 0.3) is 5.91 Å². The van der Waals surface area contributed by atoms with E-state index >= 15 is 0 Å². The number of hydrogen-bond donors (Lipinski definition) is 0. The summed E-state index contributed by atoms with van der Waals surface area (Å²) in [5.41, 5.74) is 0.939. The highest BCUT2D eigenvalue weighted by atomic mass is 16.2. The van der Waals surface area contributed by atoms with Crippen molar-refractivity contribution in [1.82, 2.24) is 24.8 Å². The predicted molar refractivity (Wildman–Crippen MR) is 75.0 cm³/mol. The molecule has 2 heterocycles. The Hall–Kier alpha value is -2.44. The van der Waals surface area contributed by atoms with Crippen LogP contribution < -0.4 is 4.90 Å². The van der Waals surface area contributed by atoms with E-state index in [2.05, 4.69) is 21.9 Å². The summed E-state index contributed by atoms with van der Waals surface area (Å²) in [4.78, 5) is 15.1. The van der Waals surface area contributed by atoms with E-state index in [1.165, 1.54) is 15.8 Å². The molecule has 0 bridgehead atoms. The third kappa shape index (κ3) is 2.76. The Balaban J connectivity index is 2.28. The second kappa shape index (κ2) is 6.14. The van der Waals surface area contributed by atoms with E-state index in [-0.39, 0.29) is 5.91 Å². The van der Waals surface area contributed by atoms with Crippen LogP contribution in [-0.4, -0.2) is 30.7 Å². The number of carbonyl (C=O) groups is 1. The second-order valence-electron chi connectivity index (χ2n) is 4.16. The molecule has 0 saturated heterocycles. The SMILES string of the molecule is C=CC(=O)N(Cc1ccnn1CC)c1cnn(CC)n1. The van der Waals surface area contributed by atoms with Crippen LogP contribution in [0.25, 0.3) is 0 Å². The van der Waals surface area contributed by atoms with E-state index in [4.69, 9.17) is 0 Å². The Kier molecular flexibility index (Phi) is 4.29. The minimum Gasteiger partial charge on any atom is -0.284 e. The lowest BCUT2D eigenvalue weighted by atomic mass is 10.3. The topological polar surface area (TPSA) is 68.8 Å². The van der Waals surface area contributed by atoms with Gasteiger partial charge >= 0.3 is 0 Å². The lowest BCUT2D eigenvalue weighted by Gasteiger charge is -2.18. The van der Waals surface area contributed by atoms with Crippen molar-refractivity contribution in [3.05, 3.63) is 36.8 Å². The van der Waals surface area contributed by atoms with Gasteiger partial charge in [-0.15, -0.1) is 5.10 Å². The first-order valence-electron chi connectivity index (χ1n) is 6.54. The van der Waals surface area contributed by atoms with Gasteiger partial charge in [-0.3, -0.25) is 14.4 Å². The molecule has 0 atom stereocenters. The van der Waals surface area contributed by atoms with Gasteiger partial charge < -0.3 is 0 Å².